The fourth-order valence-electron chi connectivity index (χ4n) is 1.44. The number of hydrogen-bond donors (Lipinski definition) is 1. The zero-order chi connectivity index (χ0) is 18.1. The quantitative estimate of drug-likeness (QED) is 0.311. The molecule has 10 heteroatoms. The molecule has 1 N–H and O–H groups in total. The molecule has 0 unspecified atom stereocenters. The van der Waals surface area contributed by atoms with Crippen LogP contribution in [0.25, 0.3) is 0 Å². The first-order chi connectivity index (χ1) is 11.3. The number of esters is 1. The van der Waals surface area contributed by atoms with Gasteiger partial charge in [-0.3, -0.25) is 24.5 Å². The summed E-state index contributed by atoms with van der Waals surface area (Å²) in [6.07, 6.45) is 0. The molecule has 0 aliphatic rings. The molecule has 0 saturated carbocycles. The molecule has 0 atom stereocenters. The van der Waals surface area contributed by atoms with Crippen LogP contribution >= 0.6 is 11.8 Å². The molecule has 0 bridgehead atoms. The minimum atomic E-state index is -0.688. The largest absolute Gasteiger partial charge is 0.455 e. The zero-order valence-corrected chi connectivity index (χ0v) is 14.0. The van der Waals surface area contributed by atoms with Crippen molar-refractivity contribution in [1.29, 1.82) is 0 Å². The van der Waals surface area contributed by atoms with Crippen LogP contribution in [0.4, 0.5) is 5.69 Å². The van der Waals surface area contributed by atoms with Crippen molar-refractivity contribution in [1.82, 2.24) is 10.2 Å². The van der Waals surface area contributed by atoms with E-state index in [1.165, 1.54) is 23.1 Å². The molecule has 0 fully saturated rings. The monoisotopic (exact) mass is 355 g/mol. The minimum Gasteiger partial charge on any atom is -0.455 e. The average Bonchev–Trinajstić information content (AvgIpc) is 2.55. The van der Waals surface area contributed by atoms with E-state index < -0.39 is 23.4 Å². The molecule has 2 amide bonds. The smallest absolute Gasteiger partial charge is 0.316 e. The van der Waals surface area contributed by atoms with E-state index in [-0.39, 0.29) is 23.9 Å². The van der Waals surface area contributed by atoms with Crippen molar-refractivity contribution in [2.45, 2.75) is 4.90 Å². The molecule has 1 rings (SSSR count). The van der Waals surface area contributed by atoms with E-state index in [1.807, 2.05) is 0 Å². The predicted molar refractivity (Wildman–Crippen MR) is 86.5 cm³/mol. The van der Waals surface area contributed by atoms with Crippen LogP contribution in [0.3, 0.4) is 0 Å². The van der Waals surface area contributed by atoms with E-state index >= 15 is 0 Å². The second-order valence-electron chi connectivity index (χ2n) is 4.74. The van der Waals surface area contributed by atoms with Crippen molar-refractivity contribution in [3.63, 3.8) is 0 Å². The van der Waals surface area contributed by atoms with Gasteiger partial charge in [-0.15, -0.1) is 11.8 Å². The Labute approximate surface area is 142 Å². The van der Waals surface area contributed by atoms with Crippen molar-refractivity contribution in [3.05, 3.63) is 34.4 Å². The lowest BCUT2D eigenvalue weighted by Gasteiger charge is -2.11. The average molecular weight is 355 g/mol. The number of nitro benzene ring substituents is 1. The van der Waals surface area contributed by atoms with Gasteiger partial charge in [0.2, 0.25) is 5.91 Å². The maximum Gasteiger partial charge on any atom is 0.316 e. The predicted octanol–water partition coefficient (Wildman–Crippen LogP) is 0.435. The van der Waals surface area contributed by atoms with Gasteiger partial charge in [0.1, 0.15) is 0 Å². The Balaban J connectivity index is 2.36. The molecule has 9 nitrogen and oxygen atoms in total. The third-order valence-corrected chi connectivity index (χ3v) is 3.74. The van der Waals surface area contributed by atoms with E-state index in [1.54, 1.807) is 20.2 Å². The van der Waals surface area contributed by atoms with Crippen molar-refractivity contribution >= 4 is 35.2 Å². The van der Waals surface area contributed by atoms with E-state index in [4.69, 9.17) is 4.74 Å². The number of thioether (sulfide) groups is 1. The van der Waals surface area contributed by atoms with Gasteiger partial charge in [0.05, 0.1) is 22.1 Å². The summed E-state index contributed by atoms with van der Waals surface area (Å²) in [5.74, 6) is -1.75. The Bertz CT molecular complexity index is 635. The molecular weight excluding hydrogens is 338 g/mol. The Morgan fingerprint density at radius 2 is 1.96 bits per heavy atom. The summed E-state index contributed by atoms with van der Waals surface area (Å²) < 4.78 is 4.75. The van der Waals surface area contributed by atoms with Crippen LogP contribution in [0.5, 0.6) is 0 Å². The van der Waals surface area contributed by atoms with Crippen molar-refractivity contribution < 1.29 is 24.0 Å². The third-order valence-electron chi connectivity index (χ3n) is 2.71. The van der Waals surface area contributed by atoms with Crippen LogP contribution in [0.1, 0.15) is 0 Å². The highest BCUT2D eigenvalue weighted by atomic mass is 32.2. The number of nitrogens with one attached hydrogen (secondary N) is 1. The molecule has 1 aromatic rings. The van der Waals surface area contributed by atoms with E-state index in [0.29, 0.717) is 4.90 Å². The molecule has 0 aliphatic carbocycles. The van der Waals surface area contributed by atoms with Crippen LogP contribution < -0.4 is 5.32 Å². The summed E-state index contributed by atoms with van der Waals surface area (Å²) in [6, 6.07) is 6.01. The number of nitrogens with zero attached hydrogens (tertiary/aromatic N) is 2. The second kappa shape index (κ2) is 9.50. The summed E-state index contributed by atoms with van der Waals surface area (Å²) in [4.78, 5) is 46.3. The van der Waals surface area contributed by atoms with Gasteiger partial charge in [-0.05, 0) is 6.07 Å². The number of rotatable bonds is 8. The lowest BCUT2D eigenvalue weighted by Crippen LogP contribution is -2.38. The van der Waals surface area contributed by atoms with Gasteiger partial charge in [-0.2, -0.15) is 0 Å². The lowest BCUT2D eigenvalue weighted by atomic mass is 10.3. The number of para-hydroxylation sites is 1. The lowest BCUT2D eigenvalue weighted by molar-refractivity contribution is -0.387. The van der Waals surface area contributed by atoms with Crippen molar-refractivity contribution in [2.24, 2.45) is 0 Å². The van der Waals surface area contributed by atoms with Crippen LogP contribution in [-0.4, -0.2) is 60.6 Å². The molecule has 0 aromatic heterocycles. The van der Waals surface area contributed by atoms with Gasteiger partial charge >= 0.3 is 5.97 Å². The summed E-state index contributed by atoms with van der Waals surface area (Å²) >= 11 is 0.949. The third kappa shape index (κ3) is 6.65. The molecule has 24 heavy (non-hydrogen) atoms. The molecule has 0 saturated heterocycles. The topological polar surface area (TPSA) is 119 Å². The number of likely N-dealkylation sites (N-methyl/N-ethyl adjacent to an activating group) is 1. The van der Waals surface area contributed by atoms with Gasteiger partial charge in [-0.1, -0.05) is 12.1 Å². The number of carbonyl (C=O) groups is 3. The van der Waals surface area contributed by atoms with E-state index in [2.05, 4.69) is 5.32 Å². The molecule has 0 aliphatic heterocycles. The maximum atomic E-state index is 11.6. The fourth-order valence-corrected chi connectivity index (χ4v) is 2.26. The van der Waals surface area contributed by atoms with Gasteiger partial charge in [0.25, 0.3) is 11.6 Å². The van der Waals surface area contributed by atoms with Gasteiger partial charge in [-0.25, -0.2) is 0 Å². The molecule has 0 heterocycles. The van der Waals surface area contributed by atoms with Crippen LogP contribution in [0.15, 0.2) is 29.2 Å². The van der Waals surface area contributed by atoms with Crippen molar-refractivity contribution in [2.75, 3.05) is 33.0 Å². The maximum absolute atomic E-state index is 11.6. The molecule has 0 spiro atoms. The van der Waals surface area contributed by atoms with Gasteiger partial charge in [0.15, 0.2) is 6.61 Å². The SMILES string of the molecule is CN(C)C(=O)CNC(=O)COC(=O)CSc1ccccc1[N+](=O)[O-]. The Morgan fingerprint density at radius 3 is 2.58 bits per heavy atom. The second-order valence-corrected chi connectivity index (χ2v) is 5.76. The van der Waals surface area contributed by atoms with Gasteiger partial charge in [0, 0.05) is 20.2 Å². The van der Waals surface area contributed by atoms with E-state index in [0.717, 1.165) is 11.8 Å². The first-order valence-electron chi connectivity index (χ1n) is 6.80. The van der Waals surface area contributed by atoms with Gasteiger partial charge < -0.3 is 15.0 Å². The number of nitro groups is 1. The first kappa shape index (κ1) is 19.4. The number of amides is 2. The summed E-state index contributed by atoms with van der Waals surface area (Å²) in [7, 11) is 3.10. The standard InChI is InChI=1S/C14H17N3O6S/c1-16(2)13(19)7-15-12(18)8-23-14(20)9-24-11-6-4-3-5-10(11)17(21)22/h3-6H,7-9H2,1-2H3,(H,15,18). The highest BCUT2D eigenvalue weighted by Gasteiger charge is 2.15. The van der Waals surface area contributed by atoms with Crippen molar-refractivity contribution in [3.8, 4) is 0 Å². The fraction of sp³-hybridized carbons (Fsp3) is 0.357. The molecule has 0 radical (unpaired) electrons. The Kier molecular flexibility index (Phi) is 7.69. The van der Waals surface area contributed by atoms with Crippen LogP contribution in [0.2, 0.25) is 0 Å². The van der Waals surface area contributed by atoms with Crippen LogP contribution in [-0.2, 0) is 19.1 Å². The Hall–Kier alpha value is -2.62. The molecule has 130 valence electrons. The number of carbonyl (C=O) groups excluding carboxylic acids is 3. The highest BCUT2D eigenvalue weighted by molar-refractivity contribution is 8.00. The highest BCUT2D eigenvalue weighted by Crippen LogP contribution is 2.28. The molecule has 1 aromatic carbocycles. The van der Waals surface area contributed by atoms with Crippen LogP contribution in [0, 0.1) is 10.1 Å². The number of ether oxygens (including phenoxy) is 1. The summed E-state index contributed by atoms with van der Waals surface area (Å²) in [5.41, 5.74) is -0.102. The molecular formula is C14H17N3O6S. The Morgan fingerprint density at radius 1 is 1.29 bits per heavy atom. The summed E-state index contributed by atoms with van der Waals surface area (Å²) in [5, 5.41) is 13.2. The van der Waals surface area contributed by atoms with E-state index in [9.17, 15) is 24.5 Å². The zero-order valence-electron chi connectivity index (χ0n) is 13.2. The number of hydrogen-bond acceptors (Lipinski definition) is 7. The minimum absolute atomic E-state index is 0.102. The normalized spacial score (nSPS) is 9.92. The first-order valence-corrected chi connectivity index (χ1v) is 7.78. The number of benzene rings is 1. The summed E-state index contributed by atoms with van der Waals surface area (Å²) in [6.45, 7) is -0.703.